The van der Waals surface area contributed by atoms with Crippen LogP contribution in [0.3, 0.4) is 0 Å². The highest BCUT2D eigenvalue weighted by atomic mass is 16.3. The zero-order valence-electron chi connectivity index (χ0n) is 15.5. The van der Waals surface area contributed by atoms with Crippen LogP contribution < -0.4 is 5.32 Å². The van der Waals surface area contributed by atoms with Gasteiger partial charge in [-0.15, -0.1) is 0 Å². The summed E-state index contributed by atoms with van der Waals surface area (Å²) < 4.78 is 0. The molecule has 0 aromatic heterocycles. The molecule has 0 radical (unpaired) electrons. The van der Waals surface area contributed by atoms with E-state index in [-0.39, 0.29) is 30.4 Å². The number of hydrogen-bond donors (Lipinski definition) is 2. The van der Waals surface area contributed by atoms with Gasteiger partial charge in [-0.3, -0.25) is 9.59 Å². The second-order valence-electron chi connectivity index (χ2n) is 6.89. The summed E-state index contributed by atoms with van der Waals surface area (Å²) >= 11 is 0. The summed E-state index contributed by atoms with van der Waals surface area (Å²) in [5.41, 5.74) is 2.25. The molecular formula is C20H30N2O3. The summed E-state index contributed by atoms with van der Waals surface area (Å²) in [6.45, 7) is 6.41. The van der Waals surface area contributed by atoms with Crippen molar-refractivity contribution in [2.24, 2.45) is 5.92 Å². The molecule has 0 spiro atoms. The first-order chi connectivity index (χ1) is 12.0. The number of benzene rings is 1. The molecule has 0 fully saturated rings. The molecule has 0 saturated carbocycles. The highest BCUT2D eigenvalue weighted by molar-refractivity contribution is 5.89. The van der Waals surface area contributed by atoms with Gasteiger partial charge in [-0.25, -0.2) is 0 Å². The lowest BCUT2D eigenvalue weighted by Crippen LogP contribution is -2.55. The summed E-state index contributed by atoms with van der Waals surface area (Å²) in [7, 11) is 0. The average molecular weight is 346 g/mol. The number of nitrogens with one attached hydrogen (secondary N) is 1. The molecule has 5 nitrogen and oxygen atoms in total. The van der Waals surface area contributed by atoms with Crippen LogP contribution in [0.5, 0.6) is 0 Å². The maximum atomic E-state index is 12.9. The number of fused-ring (bicyclic) bond motifs is 1. The van der Waals surface area contributed by atoms with Gasteiger partial charge in [-0.1, -0.05) is 45.0 Å². The lowest BCUT2D eigenvalue weighted by Gasteiger charge is -2.38. The number of amides is 2. The molecule has 2 rings (SSSR count). The van der Waals surface area contributed by atoms with E-state index in [1.54, 1.807) is 4.90 Å². The van der Waals surface area contributed by atoms with E-state index in [1.807, 2.05) is 45.0 Å². The molecule has 138 valence electrons. The number of nitrogens with zero attached hydrogens (tertiary/aromatic N) is 1. The monoisotopic (exact) mass is 346 g/mol. The van der Waals surface area contributed by atoms with Crippen molar-refractivity contribution in [3.63, 3.8) is 0 Å². The highest BCUT2D eigenvalue weighted by Crippen LogP contribution is 2.25. The van der Waals surface area contributed by atoms with Crippen molar-refractivity contribution in [3.05, 3.63) is 35.4 Å². The first kappa shape index (κ1) is 19.4. The first-order valence-electron chi connectivity index (χ1n) is 9.30. The van der Waals surface area contributed by atoms with E-state index in [4.69, 9.17) is 5.11 Å². The number of carbonyl (C=O) groups is 2. The van der Waals surface area contributed by atoms with Gasteiger partial charge in [0.05, 0.1) is 0 Å². The molecule has 0 saturated heterocycles. The highest BCUT2D eigenvalue weighted by Gasteiger charge is 2.36. The topological polar surface area (TPSA) is 69.6 Å². The molecule has 3 atom stereocenters. The Morgan fingerprint density at radius 2 is 1.92 bits per heavy atom. The Bertz CT molecular complexity index is 602. The van der Waals surface area contributed by atoms with Crippen molar-refractivity contribution in [1.29, 1.82) is 0 Å². The minimum absolute atomic E-state index is 0.0346. The number of rotatable bonds is 7. The van der Waals surface area contributed by atoms with Gasteiger partial charge in [0.25, 0.3) is 0 Å². The van der Waals surface area contributed by atoms with Crippen LogP contribution in [-0.4, -0.2) is 40.5 Å². The molecule has 1 aliphatic heterocycles. The lowest BCUT2D eigenvalue weighted by atomic mass is 9.91. The molecule has 5 heteroatoms. The fourth-order valence-electron chi connectivity index (χ4n) is 3.28. The maximum Gasteiger partial charge on any atom is 0.243 e. The number of hydrogen-bond acceptors (Lipinski definition) is 3. The van der Waals surface area contributed by atoms with Crippen molar-refractivity contribution in [2.45, 2.75) is 65.1 Å². The largest absolute Gasteiger partial charge is 0.396 e. The van der Waals surface area contributed by atoms with E-state index in [0.29, 0.717) is 19.4 Å². The predicted octanol–water partition coefficient (Wildman–Crippen LogP) is 2.26. The van der Waals surface area contributed by atoms with E-state index in [0.717, 1.165) is 24.0 Å². The van der Waals surface area contributed by atoms with Crippen LogP contribution in [-0.2, 0) is 22.6 Å². The molecule has 3 unspecified atom stereocenters. The number of aliphatic hydroxyl groups is 1. The summed E-state index contributed by atoms with van der Waals surface area (Å²) in [6, 6.07) is 7.46. The van der Waals surface area contributed by atoms with Crippen LogP contribution in [0.2, 0.25) is 0 Å². The zero-order valence-corrected chi connectivity index (χ0v) is 15.5. The molecular weight excluding hydrogens is 316 g/mol. The van der Waals surface area contributed by atoms with Crippen molar-refractivity contribution < 1.29 is 14.7 Å². The first-order valence-corrected chi connectivity index (χ1v) is 9.30. The third-order valence-electron chi connectivity index (χ3n) is 5.18. The third-order valence-corrected chi connectivity index (χ3v) is 5.18. The lowest BCUT2D eigenvalue weighted by molar-refractivity contribution is -0.145. The van der Waals surface area contributed by atoms with Gasteiger partial charge in [0.15, 0.2) is 0 Å². The van der Waals surface area contributed by atoms with E-state index < -0.39 is 6.04 Å². The van der Waals surface area contributed by atoms with Gasteiger partial charge >= 0.3 is 0 Å². The molecule has 25 heavy (non-hydrogen) atoms. The van der Waals surface area contributed by atoms with E-state index in [1.165, 1.54) is 0 Å². The van der Waals surface area contributed by atoms with E-state index >= 15 is 0 Å². The summed E-state index contributed by atoms with van der Waals surface area (Å²) in [5, 5.41) is 12.2. The molecule has 2 amide bonds. The van der Waals surface area contributed by atoms with Crippen LogP contribution in [0.4, 0.5) is 0 Å². The maximum absolute atomic E-state index is 12.9. The van der Waals surface area contributed by atoms with Crippen molar-refractivity contribution in [2.75, 3.05) is 6.61 Å². The van der Waals surface area contributed by atoms with Crippen LogP contribution in [0, 0.1) is 5.92 Å². The second kappa shape index (κ2) is 8.99. The number of aliphatic hydroxyl groups excluding tert-OH is 1. The number of carbonyl (C=O) groups excluding carboxylic acids is 2. The fourth-order valence-corrected chi connectivity index (χ4v) is 3.28. The van der Waals surface area contributed by atoms with Crippen molar-refractivity contribution in [1.82, 2.24) is 10.2 Å². The fraction of sp³-hybridized carbons (Fsp3) is 0.600. The quantitative estimate of drug-likeness (QED) is 0.796. The van der Waals surface area contributed by atoms with Gasteiger partial charge in [0.2, 0.25) is 11.8 Å². The van der Waals surface area contributed by atoms with Crippen LogP contribution in [0.15, 0.2) is 24.3 Å². The Labute approximate surface area is 150 Å². The SMILES string of the molecule is CCC(CCO)NC(=O)C1Cc2ccccc2CN1C(=O)C(C)CC. The molecule has 1 aromatic carbocycles. The van der Waals surface area contributed by atoms with Gasteiger partial charge in [0, 0.05) is 31.5 Å². The molecule has 0 bridgehead atoms. The Balaban J connectivity index is 2.24. The normalized spacial score (nSPS) is 19.0. The average Bonchev–Trinajstić information content (AvgIpc) is 2.65. The van der Waals surface area contributed by atoms with Crippen LogP contribution in [0.1, 0.15) is 51.2 Å². The summed E-state index contributed by atoms with van der Waals surface area (Å²) in [5.74, 6) is -0.182. The summed E-state index contributed by atoms with van der Waals surface area (Å²) in [6.07, 6.45) is 2.59. The van der Waals surface area contributed by atoms with Crippen molar-refractivity contribution in [3.8, 4) is 0 Å². The van der Waals surface area contributed by atoms with Gasteiger partial charge < -0.3 is 15.3 Å². The van der Waals surface area contributed by atoms with Gasteiger partial charge in [-0.2, -0.15) is 0 Å². The molecule has 2 N–H and O–H groups in total. The molecule has 1 heterocycles. The minimum atomic E-state index is -0.482. The predicted molar refractivity (Wildman–Crippen MR) is 97.9 cm³/mol. The Kier molecular flexibility index (Phi) is 7.00. The van der Waals surface area contributed by atoms with Crippen molar-refractivity contribution >= 4 is 11.8 Å². The van der Waals surface area contributed by atoms with Gasteiger partial charge in [0.1, 0.15) is 6.04 Å². The Morgan fingerprint density at radius 3 is 2.52 bits per heavy atom. The Morgan fingerprint density at radius 1 is 1.24 bits per heavy atom. The minimum Gasteiger partial charge on any atom is -0.396 e. The van der Waals surface area contributed by atoms with Gasteiger partial charge in [-0.05, 0) is 30.4 Å². The second-order valence-corrected chi connectivity index (χ2v) is 6.89. The molecule has 1 aliphatic rings. The summed E-state index contributed by atoms with van der Waals surface area (Å²) in [4.78, 5) is 27.5. The molecule has 1 aromatic rings. The standard InChI is InChI=1S/C20H30N2O3/c1-4-14(3)20(25)22-13-16-9-7-6-8-15(16)12-18(22)19(24)21-17(5-2)10-11-23/h6-9,14,17-18,23H,4-5,10-13H2,1-3H3,(H,21,24). The third kappa shape index (κ3) is 4.60. The smallest absolute Gasteiger partial charge is 0.243 e. The van der Waals surface area contributed by atoms with E-state index in [2.05, 4.69) is 5.32 Å². The van der Waals surface area contributed by atoms with Crippen LogP contribution in [0.25, 0.3) is 0 Å². The van der Waals surface area contributed by atoms with Crippen LogP contribution >= 0.6 is 0 Å². The van der Waals surface area contributed by atoms with E-state index in [9.17, 15) is 9.59 Å². The molecule has 0 aliphatic carbocycles. The zero-order chi connectivity index (χ0) is 18.4. The Hall–Kier alpha value is -1.88.